The number of benzene rings is 1. The standard InChI is InChI=1S/C10H8ClFN2O/c11-10-7(2-1-3-9(10)12)5-14-6-8(15)4-13-14/h1-4,6,15H,5H2. The first-order valence-electron chi connectivity index (χ1n) is 4.31. The first-order chi connectivity index (χ1) is 7.16. The molecule has 0 fully saturated rings. The van der Waals surface area contributed by atoms with Crippen LogP contribution in [0.25, 0.3) is 0 Å². The molecule has 3 nitrogen and oxygen atoms in total. The number of hydrogen-bond acceptors (Lipinski definition) is 2. The number of aromatic hydroxyl groups is 1. The summed E-state index contributed by atoms with van der Waals surface area (Å²) in [5, 5.41) is 13.0. The van der Waals surface area contributed by atoms with Crippen LogP contribution >= 0.6 is 11.6 Å². The predicted molar refractivity (Wildman–Crippen MR) is 54.4 cm³/mol. The molecule has 0 aliphatic heterocycles. The molecule has 0 saturated heterocycles. The molecule has 1 heterocycles. The van der Waals surface area contributed by atoms with E-state index in [-0.39, 0.29) is 10.8 Å². The highest BCUT2D eigenvalue weighted by Gasteiger charge is 2.06. The van der Waals surface area contributed by atoms with Crippen LogP contribution in [-0.2, 0) is 6.54 Å². The molecule has 0 aliphatic carbocycles. The molecule has 0 unspecified atom stereocenters. The van der Waals surface area contributed by atoms with Crippen molar-refractivity contribution in [3.8, 4) is 5.75 Å². The van der Waals surface area contributed by atoms with Gasteiger partial charge in [-0.05, 0) is 11.6 Å². The number of aromatic nitrogens is 2. The number of rotatable bonds is 2. The van der Waals surface area contributed by atoms with E-state index in [4.69, 9.17) is 16.7 Å². The quantitative estimate of drug-likeness (QED) is 0.854. The summed E-state index contributed by atoms with van der Waals surface area (Å²) in [7, 11) is 0. The Bertz CT molecular complexity index is 484. The van der Waals surface area contributed by atoms with Crippen LogP contribution in [0.5, 0.6) is 5.75 Å². The molecule has 0 radical (unpaired) electrons. The normalized spacial score (nSPS) is 10.5. The summed E-state index contributed by atoms with van der Waals surface area (Å²) in [5.74, 6) is -0.381. The Balaban J connectivity index is 2.28. The summed E-state index contributed by atoms with van der Waals surface area (Å²) < 4.78 is 14.6. The average molecular weight is 227 g/mol. The van der Waals surface area contributed by atoms with Crippen LogP contribution in [0.1, 0.15) is 5.56 Å². The average Bonchev–Trinajstić information content (AvgIpc) is 2.59. The van der Waals surface area contributed by atoms with Crippen LogP contribution in [0.3, 0.4) is 0 Å². The fourth-order valence-electron chi connectivity index (χ4n) is 1.28. The van der Waals surface area contributed by atoms with Gasteiger partial charge in [0, 0.05) is 0 Å². The van der Waals surface area contributed by atoms with Gasteiger partial charge >= 0.3 is 0 Å². The number of nitrogens with zero attached hydrogens (tertiary/aromatic N) is 2. The van der Waals surface area contributed by atoms with Gasteiger partial charge in [0.25, 0.3) is 0 Å². The van der Waals surface area contributed by atoms with Crippen LogP contribution < -0.4 is 0 Å². The molecule has 0 saturated carbocycles. The monoisotopic (exact) mass is 226 g/mol. The second-order valence-electron chi connectivity index (χ2n) is 3.11. The molecular weight excluding hydrogens is 219 g/mol. The van der Waals surface area contributed by atoms with Crippen molar-refractivity contribution in [1.29, 1.82) is 0 Å². The highest BCUT2D eigenvalue weighted by Crippen LogP contribution is 2.20. The Labute approximate surface area is 90.7 Å². The minimum absolute atomic E-state index is 0.0718. The van der Waals surface area contributed by atoms with Gasteiger partial charge in [0.1, 0.15) is 5.82 Å². The summed E-state index contributed by atoms with van der Waals surface area (Å²) in [6, 6.07) is 4.59. The Morgan fingerprint density at radius 3 is 2.93 bits per heavy atom. The Morgan fingerprint density at radius 2 is 2.27 bits per heavy atom. The van der Waals surface area contributed by atoms with E-state index in [2.05, 4.69) is 5.10 Å². The molecular formula is C10H8ClFN2O. The largest absolute Gasteiger partial charge is 0.505 e. The van der Waals surface area contributed by atoms with Gasteiger partial charge in [-0.25, -0.2) is 4.39 Å². The van der Waals surface area contributed by atoms with E-state index in [9.17, 15) is 4.39 Å². The van der Waals surface area contributed by atoms with Gasteiger partial charge in [-0.15, -0.1) is 0 Å². The van der Waals surface area contributed by atoms with Crippen LogP contribution in [-0.4, -0.2) is 14.9 Å². The molecule has 0 amide bonds. The lowest BCUT2D eigenvalue weighted by Crippen LogP contribution is -2.01. The topological polar surface area (TPSA) is 38.1 Å². The lowest BCUT2D eigenvalue weighted by Gasteiger charge is -2.04. The molecule has 1 aromatic carbocycles. The van der Waals surface area contributed by atoms with E-state index in [1.807, 2.05) is 0 Å². The summed E-state index contributed by atoms with van der Waals surface area (Å²) >= 11 is 5.77. The molecule has 0 aliphatic rings. The van der Waals surface area contributed by atoms with Crippen molar-refractivity contribution < 1.29 is 9.50 Å². The molecule has 2 aromatic rings. The Hall–Kier alpha value is -1.55. The van der Waals surface area contributed by atoms with Crippen molar-refractivity contribution in [2.45, 2.75) is 6.54 Å². The zero-order chi connectivity index (χ0) is 10.8. The van der Waals surface area contributed by atoms with Crippen LogP contribution in [0, 0.1) is 5.82 Å². The molecule has 2 rings (SSSR count). The van der Waals surface area contributed by atoms with Crippen molar-refractivity contribution in [1.82, 2.24) is 9.78 Å². The van der Waals surface area contributed by atoms with E-state index in [0.717, 1.165) is 0 Å². The van der Waals surface area contributed by atoms with Gasteiger partial charge < -0.3 is 5.11 Å². The molecule has 5 heteroatoms. The fraction of sp³-hybridized carbons (Fsp3) is 0.100. The maximum absolute atomic E-state index is 13.1. The molecule has 0 atom stereocenters. The third-order valence-corrected chi connectivity index (χ3v) is 2.41. The second-order valence-corrected chi connectivity index (χ2v) is 3.49. The molecule has 0 bridgehead atoms. The van der Waals surface area contributed by atoms with E-state index in [1.165, 1.54) is 23.1 Å². The van der Waals surface area contributed by atoms with E-state index >= 15 is 0 Å². The van der Waals surface area contributed by atoms with Crippen LogP contribution in [0.15, 0.2) is 30.6 Å². The van der Waals surface area contributed by atoms with Crippen molar-refractivity contribution in [2.24, 2.45) is 0 Å². The van der Waals surface area contributed by atoms with Crippen LogP contribution in [0.2, 0.25) is 5.02 Å². The van der Waals surface area contributed by atoms with E-state index in [0.29, 0.717) is 12.1 Å². The molecule has 1 N–H and O–H groups in total. The molecule has 0 spiro atoms. The Morgan fingerprint density at radius 1 is 1.47 bits per heavy atom. The predicted octanol–water partition coefficient (Wildman–Crippen LogP) is 2.43. The molecule has 78 valence electrons. The van der Waals surface area contributed by atoms with Crippen LogP contribution in [0.4, 0.5) is 4.39 Å². The summed E-state index contributed by atoms with van der Waals surface area (Å²) in [6.07, 6.45) is 2.76. The maximum Gasteiger partial charge on any atom is 0.153 e. The lowest BCUT2D eigenvalue weighted by atomic mass is 10.2. The Kier molecular flexibility index (Phi) is 2.60. The van der Waals surface area contributed by atoms with Crippen molar-refractivity contribution in [3.63, 3.8) is 0 Å². The van der Waals surface area contributed by atoms with Gasteiger partial charge in [0.15, 0.2) is 5.75 Å². The number of halogens is 2. The fourth-order valence-corrected chi connectivity index (χ4v) is 1.47. The highest BCUT2D eigenvalue weighted by molar-refractivity contribution is 6.31. The van der Waals surface area contributed by atoms with Crippen molar-refractivity contribution in [3.05, 3.63) is 47.0 Å². The first-order valence-corrected chi connectivity index (χ1v) is 4.69. The minimum Gasteiger partial charge on any atom is -0.505 e. The maximum atomic E-state index is 13.1. The second kappa shape index (κ2) is 3.90. The molecule has 15 heavy (non-hydrogen) atoms. The molecule has 1 aromatic heterocycles. The summed E-state index contributed by atoms with van der Waals surface area (Å²) in [5.41, 5.74) is 0.625. The summed E-state index contributed by atoms with van der Waals surface area (Å²) in [4.78, 5) is 0. The zero-order valence-electron chi connectivity index (χ0n) is 7.69. The third-order valence-electron chi connectivity index (χ3n) is 1.98. The van der Waals surface area contributed by atoms with Gasteiger partial charge in [-0.1, -0.05) is 23.7 Å². The highest BCUT2D eigenvalue weighted by atomic mass is 35.5. The lowest BCUT2D eigenvalue weighted by molar-refractivity contribution is 0.474. The SMILES string of the molecule is Oc1cnn(Cc2cccc(F)c2Cl)c1. The van der Waals surface area contributed by atoms with Gasteiger partial charge in [-0.3, -0.25) is 4.68 Å². The summed E-state index contributed by atoms with van der Waals surface area (Å²) in [6.45, 7) is 0.331. The first kappa shape index (κ1) is 9.98. The van der Waals surface area contributed by atoms with Gasteiger partial charge in [0.05, 0.1) is 24.0 Å². The van der Waals surface area contributed by atoms with Gasteiger partial charge in [0.2, 0.25) is 0 Å². The van der Waals surface area contributed by atoms with Crippen molar-refractivity contribution >= 4 is 11.6 Å². The minimum atomic E-state index is -0.453. The smallest absolute Gasteiger partial charge is 0.153 e. The van der Waals surface area contributed by atoms with Crippen molar-refractivity contribution in [2.75, 3.05) is 0 Å². The number of hydrogen-bond donors (Lipinski definition) is 1. The van der Waals surface area contributed by atoms with E-state index < -0.39 is 5.82 Å². The third kappa shape index (κ3) is 2.10. The zero-order valence-corrected chi connectivity index (χ0v) is 8.45. The van der Waals surface area contributed by atoms with Gasteiger partial charge in [-0.2, -0.15) is 5.10 Å². The van der Waals surface area contributed by atoms with E-state index in [1.54, 1.807) is 12.1 Å².